The molecule has 1 heterocycles. The molecule has 7 nitrogen and oxygen atoms in total. The first-order chi connectivity index (χ1) is 16.4. The highest BCUT2D eigenvalue weighted by molar-refractivity contribution is 7.93. The van der Waals surface area contributed by atoms with E-state index in [0.29, 0.717) is 16.9 Å². The Bertz CT molecular complexity index is 1380. The average Bonchev–Trinajstić information content (AvgIpc) is 2.85. The van der Waals surface area contributed by atoms with Gasteiger partial charge in [0.1, 0.15) is 6.54 Å². The summed E-state index contributed by atoms with van der Waals surface area (Å²) in [4.78, 5) is 25.6. The molecule has 0 radical (unpaired) electrons. The Kier molecular flexibility index (Phi) is 6.51. The molecule has 0 saturated heterocycles. The molecular formula is C26H25N3O4S. The third-order valence-electron chi connectivity index (χ3n) is 5.62. The normalized spacial score (nSPS) is 13.4. The van der Waals surface area contributed by atoms with E-state index in [1.807, 2.05) is 19.1 Å². The summed E-state index contributed by atoms with van der Waals surface area (Å²) in [6.45, 7) is 5.45. The Labute approximate surface area is 199 Å². The Morgan fingerprint density at radius 1 is 1.00 bits per heavy atom. The van der Waals surface area contributed by atoms with Crippen LogP contribution in [0, 0.1) is 0 Å². The monoisotopic (exact) mass is 475 g/mol. The lowest BCUT2D eigenvalue weighted by Gasteiger charge is -2.32. The molecule has 3 aromatic carbocycles. The van der Waals surface area contributed by atoms with Crippen molar-refractivity contribution in [3.05, 3.63) is 90.5 Å². The topological polar surface area (TPSA) is 95.6 Å². The number of anilines is 2. The van der Waals surface area contributed by atoms with Crippen LogP contribution in [0.15, 0.2) is 84.3 Å². The van der Waals surface area contributed by atoms with Gasteiger partial charge >= 0.3 is 0 Å². The van der Waals surface area contributed by atoms with Crippen molar-refractivity contribution in [3.63, 3.8) is 0 Å². The van der Waals surface area contributed by atoms with E-state index in [1.165, 1.54) is 0 Å². The minimum absolute atomic E-state index is 0.160. The Balaban J connectivity index is 1.67. The molecule has 34 heavy (non-hydrogen) atoms. The van der Waals surface area contributed by atoms with E-state index in [4.69, 9.17) is 0 Å². The van der Waals surface area contributed by atoms with Crippen molar-refractivity contribution in [1.29, 1.82) is 0 Å². The third kappa shape index (κ3) is 4.32. The maximum atomic E-state index is 13.5. The molecule has 1 aliphatic rings. The Morgan fingerprint density at radius 3 is 2.50 bits per heavy atom. The van der Waals surface area contributed by atoms with Gasteiger partial charge in [0, 0.05) is 17.7 Å². The number of nitrogens with zero attached hydrogens (tertiary/aromatic N) is 1. The molecular weight excluding hydrogens is 450 g/mol. The standard InChI is InChI=1S/C26H25N3O4S/c1-3-15-27-26(31)20-10-5-7-11-22(20)28-25(30)17-29-23-14-13-18(4-2)16-21(23)19-9-6-8-12-24(19)34(29,32)33/h3,5-14,16H,1,4,15,17H2,2H3,(H,27,31)(H,28,30). The van der Waals surface area contributed by atoms with Crippen LogP contribution in [0.5, 0.6) is 0 Å². The molecule has 0 fully saturated rings. The van der Waals surface area contributed by atoms with Gasteiger partial charge in [0.25, 0.3) is 15.9 Å². The molecule has 0 saturated carbocycles. The summed E-state index contributed by atoms with van der Waals surface area (Å²) in [6.07, 6.45) is 2.35. The molecule has 8 heteroatoms. The molecule has 0 unspecified atom stereocenters. The Morgan fingerprint density at radius 2 is 1.74 bits per heavy atom. The van der Waals surface area contributed by atoms with Crippen molar-refractivity contribution in [2.45, 2.75) is 18.2 Å². The van der Waals surface area contributed by atoms with Crippen molar-refractivity contribution in [2.75, 3.05) is 22.7 Å². The van der Waals surface area contributed by atoms with Crippen LogP contribution in [0.25, 0.3) is 11.1 Å². The number of aryl methyl sites for hydroxylation is 1. The van der Waals surface area contributed by atoms with Crippen LogP contribution >= 0.6 is 0 Å². The van der Waals surface area contributed by atoms with Crippen LogP contribution in [-0.4, -0.2) is 33.3 Å². The molecule has 3 aromatic rings. The van der Waals surface area contributed by atoms with Gasteiger partial charge in [0.15, 0.2) is 0 Å². The molecule has 4 rings (SSSR count). The summed E-state index contributed by atoms with van der Waals surface area (Å²) in [5.74, 6) is -0.926. The van der Waals surface area contributed by atoms with E-state index >= 15 is 0 Å². The molecule has 0 atom stereocenters. The lowest BCUT2D eigenvalue weighted by atomic mass is 9.99. The second-order valence-corrected chi connectivity index (χ2v) is 9.64. The predicted octanol–water partition coefficient (Wildman–Crippen LogP) is 3.98. The maximum Gasteiger partial charge on any atom is 0.265 e. The van der Waals surface area contributed by atoms with E-state index in [1.54, 1.807) is 60.7 Å². The largest absolute Gasteiger partial charge is 0.349 e. The number of amides is 2. The summed E-state index contributed by atoms with van der Waals surface area (Å²) in [7, 11) is -3.96. The minimum Gasteiger partial charge on any atom is -0.349 e. The van der Waals surface area contributed by atoms with Crippen LogP contribution in [0.3, 0.4) is 0 Å². The maximum absolute atomic E-state index is 13.5. The number of sulfonamides is 1. The molecule has 1 aliphatic heterocycles. The summed E-state index contributed by atoms with van der Waals surface area (Å²) in [5.41, 5.74) is 3.47. The highest BCUT2D eigenvalue weighted by atomic mass is 32.2. The zero-order valence-electron chi connectivity index (χ0n) is 18.7. The van der Waals surface area contributed by atoms with Crippen molar-refractivity contribution < 1.29 is 18.0 Å². The van der Waals surface area contributed by atoms with Gasteiger partial charge < -0.3 is 10.6 Å². The summed E-state index contributed by atoms with van der Waals surface area (Å²) < 4.78 is 28.1. The van der Waals surface area contributed by atoms with Crippen LogP contribution in [0.1, 0.15) is 22.8 Å². The molecule has 0 aromatic heterocycles. The summed E-state index contributed by atoms with van der Waals surface area (Å²) >= 11 is 0. The van der Waals surface area contributed by atoms with Crippen LogP contribution < -0.4 is 14.9 Å². The zero-order chi connectivity index (χ0) is 24.3. The predicted molar refractivity (Wildman–Crippen MR) is 133 cm³/mol. The van der Waals surface area contributed by atoms with E-state index < -0.39 is 22.5 Å². The lowest BCUT2D eigenvalue weighted by Crippen LogP contribution is -2.40. The highest BCUT2D eigenvalue weighted by Gasteiger charge is 2.36. The van der Waals surface area contributed by atoms with Gasteiger partial charge in [0.05, 0.1) is 21.8 Å². The van der Waals surface area contributed by atoms with Gasteiger partial charge in [-0.1, -0.05) is 49.4 Å². The smallest absolute Gasteiger partial charge is 0.265 e. The number of para-hydroxylation sites is 1. The van der Waals surface area contributed by atoms with Crippen molar-refractivity contribution in [3.8, 4) is 11.1 Å². The van der Waals surface area contributed by atoms with E-state index in [-0.39, 0.29) is 22.9 Å². The number of rotatable bonds is 7. The SMILES string of the molecule is C=CCNC(=O)c1ccccc1NC(=O)CN1c2ccc(CC)cc2-c2ccccc2S1(=O)=O. The molecule has 2 amide bonds. The molecule has 0 bridgehead atoms. The lowest BCUT2D eigenvalue weighted by molar-refractivity contribution is -0.114. The van der Waals surface area contributed by atoms with E-state index in [2.05, 4.69) is 17.2 Å². The van der Waals surface area contributed by atoms with Gasteiger partial charge in [0.2, 0.25) is 5.91 Å². The van der Waals surface area contributed by atoms with Crippen LogP contribution in [0.2, 0.25) is 0 Å². The fraction of sp³-hybridized carbons (Fsp3) is 0.154. The molecule has 174 valence electrons. The van der Waals surface area contributed by atoms with Crippen molar-refractivity contribution in [2.24, 2.45) is 0 Å². The number of hydrogen-bond donors (Lipinski definition) is 2. The van der Waals surface area contributed by atoms with Gasteiger partial charge in [-0.15, -0.1) is 6.58 Å². The average molecular weight is 476 g/mol. The van der Waals surface area contributed by atoms with Gasteiger partial charge in [-0.3, -0.25) is 13.9 Å². The van der Waals surface area contributed by atoms with Gasteiger partial charge in [-0.25, -0.2) is 8.42 Å². The minimum atomic E-state index is -3.96. The highest BCUT2D eigenvalue weighted by Crippen LogP contribution is 2.43. The number of nitrogens with one attached hydrogen (secondary N) is 2. The zero-order valence-corrected chi connectivity index (χ0v) is 19.6. The number of carbonyl (C=O) groups is 2. The number of benzene rings is 3. The van der Waals surface area contributed by atoms with Crippen molar-refractivity contribution >= 4 is 33.2 Å². The summed E-state index contributed by atoms with van der Waals surface area (Å²) in [5, 5.41) is 5.38. The van der Waals surface area contributed by atoms with Gasteiger partial charge in [-0.05, 0) is 42.3 Å². The number of carbonyl (C=O) groups excluding carboxylic acids is 2. The third-order valence-corrected chi connectivity index (χ3v) is 7.44. The van der Waals surface area contributed by atoms with Gasteiger partial charge in [-0.2, -0.15) is 0 Å². The second kappa shape index (κ2) is 9.52. The molecule has 2 N–H and O–H groups in total. The molecule has 0 spiro atoms. The summed E-state index contributed by atoms with van der Waals surface area (Å²) in [6, 6.07) is 18.9. The van der Waals surface area contributed by atoms with Crippen molar-refractivity contribution in [1.82, 2.24) is 5.32 Å². The van der Waals surface area contributed by atoms with E-state index in [9.17, 15) is 18.0 Å². The first-order valence-corrected chi connectivity index (χ1v) is 12.3. The first-order valence-electron chi connectivity index (χ1n) is 10.9. The first kappa shape index (κ1) is 23.3. The number of hydrogen-bond acceptors (Lipinski definition) is 4. The Hall–Kier alpha value is -3.91. The fourth-order valence-electron chi connectivity index (χ4n) is 3.94. The molecule has 0 aliphatic carbocycles. The van der Waals surface area contributed by atoms with Crippen LogP contribution in [0.4, 0.5) is 11.4 Å². The number of fused-ring (bicyclic) bond motifs is 3. The quantitative estimate of drug-likeness (QED) is 0.506. The van der Waals surface area contributed by atoms with E-state index in [0.717, 1.165) is 21.9 Å². The second-order valence-electron chi connectivity index (χ2n) is 7.81. The van der Waals surface area contributed by atoms with Crippen LogP contribution in [-0.2, 0) is 21.2 Å². The fourth-order valence-corrected chi connectivity index (χ4v) is 5.59.